The molecule has 0 saturated heterocycles. The minimum atomic E-state index is -1.00. The highest BCUT2D eigenvalue weighted by Gasteiger charge is 2.12. The molecule has 20 heavy (non-hydrogen) atoms. The van der Waals surface area contributed by atoms with Crippen LogP contribution in [0.4, 0.5) is 0 Å². The molecule has 0 atom stereocenters. The summed E-state index contributed by atoms with van der Waals surface area (Å²) in [7, 11) is -1.00. The molecule has 0 aliphatic carbocycles. The van der Waals surface area contributed by atoms with Gasteiger partial charge in [0.05, 0.1) is 12.0 Å². The van der Waals surface area contributed by atoms with E-state index in [0.29, 0.717) is 6.73 Å². The van der Waals surface area contributed by atoms with Gasteiger partial charge in [-0.2, -0.15) is 0 Å². The highest BCUT2D eigenvalue weighted by Crippen LogP contribution is 2.19. The van der Waals surface area contributed by atoms with Gasteiger partial charge in [0.1, 0.15) is 6.73 Å². The number of hydrogen-bond acceptors (Lipinski definition) is 2. The maximum Gasteiger partial charge on any atom is 0.123 e. The lowest BCUT2D eigenvalue weighted by Gasteiger charge is -2.15. The summed E-state index contributed by atoms with van der Waals surface area (Å²) in [5.41, 5.74) is 2.10. The molecular formula is C15H21BrN2OSi. The second kappa shape index (κ2) is 6.69. The molecule has 1 aromatic carbocycles. The summed E-state index contributed by atoms with van der Waals surface area (Å²) in [6.45, 7) is 8.49. The van der Waals surface area contributed by atoms with Crippen LogP contribution in [0.5, 0.6) is 0 Å². The van der Waals surface area contributed by atoms with Crippen LogP contribution in [0, 0.1) is 0 Å². The second-order valence-corrected chi connectivity index (χ2v) is 12.7. The Hall–Kier alpha value is -0.913. The fourth-order valence-corrected chi connectivity index (χ4v) is 2.77. The summed E-state index contributed by atoms with van der Waals surface area (Å²) in [5.74, 6) is 0. The summed E-state index contributed by atoms with van der Waals surface area (Å²) < 4.78 is 8.78. The number of nitrogens with zero attached hydrogens (tertiary/aromatic N) is 2. The predicted molar refractivity (Wildman–Crippen MR) is 89.5 cm³/mol. The van der Waals surface area contributed by atoms with Crippen LogP contribution in [0.3, 0.4) is 0 Å². The van der Waals surface area contributed by atoms with Gasteiger partial charge in [-0.1, -0.05) is 47.7 Å². The Bertz CT molecular complexity index is 546. The first-order valence-corrected chi connectivity index (χ1v) is 11.3. The van der Waals surface area contributed by atoms with Gasteiger partial charge in [-0.15, -0.1) is 0 Å². The number of hydrogen-bond donors (Lipinski definition) is 0. The van der Waals surface area contributed by atoms with Gasteiger partial charge in [0, 0.05) is 30.9 Å². The van der Waals surface area contributed by atoms with E-state index in [1.165, 1.54) is 6.04 Å². The van der Waals surface area contributed by atoms with Crippen molar-refractivity contribution in [2.45, 2.75) is 32.4 Å². The van der Waals surface area contributed by atoms with Crippen molar-refractivity contribution in [2.75, 3.05) is 6.61 Å². The molecule has 0 N–H and O–H groups in total. The zero-order chi connectivity index (χ0) is 14.6. The van der Waals surface area contributed by atoms with Crippen LogP contribution in [0.25, 0.3) is 11.3 Å². The van der Waals surface area contributed by atoms with Gasteiger partial charge in [0.15, 0.2) is 0 Å². The van der Waals surface area contributed by atoms with E-state index in [-0.39, 0.29) is 0 Å². The Morgan fingerprint density at radius 2 is 1.90 bits per heavy atom. The number of benzene rings is 1. The third kappa shape index (κ3) is 4.88. The number of aromatic nitrogens is 2. The van der Waals surface area contributed by atoms with Crippen molar-refractivity contribution < 1.29 is 4.74 Å². The summed E-state index contributed by atoms with van der Waals surface area (Å²) in [6.07, 6.45) is 3.85. The molecule has 0 unspecified atom stereocenters. The van der Waals surface area contributed by atoms with Crippen molar-refractivity contribution in [3.63, 3.8) is 0 Å². The first kappa shape index (κ1) is 15.5. The molecular weight excluding hydrogens is 332 g/mol. The average Bonchev–Trinajstić information content (AvgIpc) is 2.83. The number of imidazole rings is 1. The van der Waals surface area contributed by atoms with Crippen LogP contribution < -0.4 is 0 Å². The molecule has 0 aliphatic heterocycles. The average molecular weight is 353 g/mol. The molecule has 5 heteroatoms. The molecule has 2 rings (SSSR count). The lowest BCUT2D eigenvalue weighted by Crippen LogP contribution is -2.21. The van der Waals surface area contributed by atoms with Crippen molar-refractivity contribution >= 4 is 24.0 Å². The van der Waals surface area contributed by atoms with Crippen LogP contribution in [-0.4, -0.2) is 24.2 Å². The van der Waals surface area contributed by atoms with E-state index in [2.05, 4.69) is 52.7 Å². The van der Waals surface area contributed by atoms with Gasteiger partial charge in [0.2, 0.25) is 0 Å². The topological polar surface area (TPSA) is 27.1 Å². The van der Waals surface area contributed by atoms with E-state index in [1.807, 2.05) is 29.2 Å². The molecule has 0 saturated carbocycles. The van der Waals surface area contributed by atoms with Crippen LogP contribution >= 0.6 is 15.9 Å². The van der Waals surface area contributed by atoms with Crippen molar-refractivity contribution in [1.82, 2.24) is 9.55 Å². The molecule has 1 heterocycles. The Morgan fingerprint density at radius 3 is 2.55 bits per heavy atom. The molecule has 108 valence electrons. The Labute approximate surface area is 130 Å². The Balaban J connectivity index is 1.88. The van der Waals surface area contributed by atoms with Crippen molar-refractivity contribution in [2.24, 2.45) is 0 Å². The normalized spacial score (nSPS) is 11.8. The highest BCUT2D eigenvalue weighted by molar-refractivity contribution is 9.10. The van der Waals surface area contributed by atoms with Crippen LogP contribution in [0.15, 0.2) is 41.3 Å². The first-order chi connectivity index (χ1) is 9.44. The standard InChI is InChI=1S/C15H21BrN2OSi/c1-20(2,3)9-8-19-12-18-10-15(17-11-18)13-4-6-14(16)7-5-13/h4-7,10-11H,8-9,12H2,1-3H3. The van der Waals surface area contributed by atoms with Gasteiger partial charge >= 0.3 is 0 Å². The van der Waals surface area contributed by atoms with E-state index < -0.39 is 8.07 Å². The van der Waals surface area contributed by atoms with E-state index in [1.54, 1.807) is 0 Å². The van der Waals surface area contributed by atoms with Crippen LogP contribution in [-0.2, 0) is 11.5 Å². The third-order valence-corrected chi connectivity index (χ3v) is 5.24. The van der Waals surface area contributed by atoms with Crippen molar-refractivity contribution in [3.05, 3.63) is 41.3 Å². The third-order valence-electron chi connectivity index (χ3n) is 3.01. The fourth-order valence-electron chi connectivity index (χ4n) is 1.75. The zero-order valence-corrected chi connectivity index (χ0v) is 14.9. The van der Waals surface area contributed by atoms with Crippen molar-refractivity contribution in [3.8, 4) is 11.3 Å². The second-order valence-electron chi connectivity index (χ2n) is 6.13. The lowest BCUT2D eigenvalue weighted by atomic mass is 10.2. The first-order valence-electron chi connectivity index (χ1n) is 6.79. The number of rotatable bonds is 6. The molecule has 0 aliphatic rings. The quantitative estimate of drug-likeness (QED) is 0.559. The van der Waals surface area contributed by atoms with E-state index in [0.717, 1.165) is 22.3 Å². The minimum Gasteiger partial charge on any atom is -0.361 e. The molecule has 0 amide bonds. The van der Waals surface area contributed by atoms with Crippen LogP contribution in [0.1, 0.15) is 0 Å². The summed E-state index contributed by atoms with van der Waals surface area (Å²) in [5, 5.41) is 0. The van der Waals surface area contributed by atoms with Gasteiger partial charge in [-0.3, -0.25) is 0 Å². The number of halogens is 1. The molecule has 1 aromatic heterocycles. The van der Waals surface area contributed by atoms with E-state index in [4.69, 9.17) is 4.74 Å². The lowest BCUT2D eigenvalue weighted by molar-refractivity contribution is 0.0872. The molecule has 2 aromatic rings. The molecule has 3 nitrogen and oxygen atoms in total. The van der Waals surface area contributed by atoms with Gasteiger partial charge in [-0.25, -0.2) is 4.98 Å². The summed E-state index contributed by atoms with van der Waals surface area (Å²) in [4.78, 5) is 4.42. The van der Waals surface area contributed by atoms with E-state index in [9.17, 15) is 0 Å². The smallest absolute Gasteiger partial charge is 0.123 e. The zero-order valence-electron chi connectivity index (χ0n) is 12.3. The Morgan fingerprint density at radius 1 is 1.20 bits per heavy atom. The minimum absolute atomic E-state index is 0.577. The largest absolute Gasteiger partial charge is 0.361 e. The van der Waals surface area contributed by atoms with Gasteiger partial charge in [-0.05, 0) is 18.2 Å². The molecule has 0 radical (unpaired) electrons. The molecule has 0 spiro atoms. The molecule has 0 bridgehead atoms. The maximum atomic E-state index is 5.71. The van der Waals surface area contributed by atoms with E-state index >= 15 is 0 Å². The number of ether oxygens (including phenoxy) is 1. The van der Waals surface area contributed by atoms with Crippen molar-refractivity contribution in [1.29, 1.82) is 0 Å². The van der Waals surface area contributed by atoms with Gasteiger partial charge in [0.25, 0.3) is 0 Å². The summed E-state index contributed by atoms with van der Waals surface area (Å²) >= 11 is 3.44. The predicted octanol–water partition coefficient (Wildman–Crippen LogP) is 4.62. The highest BCUT2D eigenvalue weighted by atomic mass is 79.9. The van der Waals surface area contributed by atoms with Crippen LogP contribution in [0.2, 0.25) is 25.7 Å². The summed E-state index contributed by atoms with van der Waals surface area (Å²) in [6, 6.07) is 9.37. The monoisotopic (exact) mass is 352 g/mol. The Kier molecular flexibility index (Phi) is 5.18. The molecule has 0 fully saturated rings. The van der Waals surface area contributed by atoms with Gasteiger partial charge < -0.3 is 9.30 Å². The SMILES string of the molecule is C[Si](C)(C)CCOCn1cnc(-c2ccc(Br)cc2)c1. The maximum absolute atomic E-state index is 5.71. The fraction of sp³-hybridized carbons (Fsp3) is 0.400.